The van der Waals surface area contributed by atoms with Crippen LogP contribution in [0.15, 0.2) is 0 Å². The van der Waals surface area contributed by atoms with E-state index in [4.69, 9.17) is 15.3 Å². The number of nitrogens with zero attached hydrogens (tertiary/aromatic N) is 3. The van der Waals surface area contributed by atoms with E-state index >= 15 is 0 Å². The summed E-state index contributed by atoms with van der Waals surface area (Å²) in [5.74, 6) is 6.06. The molecule has 1 fully saturated rings. The molecule has 1 atom stereocenters. The Bertz CT molecular complexity index is 422. The fourth-order valence-electron chi connectivity index (χ4n) is 1.98. The van der Waals surface area contributed by atoms with Crippen LogP contribution < -0.4 is 21.3 Å². The summed E-state index contributed by atoms with van der Waals surface area (Å²) in [6.07, 6.45) is 3.52. The van der Waals surface area contributed by atoms with Crippen molar-refractivity contribution in [2.75, 3.05) is 23.9 Å². The van der Waals surface area contributed by atoms with Gasteiger partial charge in [-0.05, 0) is 33.1 Å². The first-order valence-electron chi connectivity index (χ1n) is 6.92. The number of nitrogens with one attached hydrogen (secondary N) is 2. The van der Waals surface area contributed by atoms with Gasteiger partial charge in [0.2, 0.25) is 11.9 Å². The first-order chi connectivity index (χ1) is 9.67. The zero-order valence-corrected chi connectivity index (χ0v) is 11.9. The Morgan fingerprint density at radius 3 is 2.80 bits per heavy atom. The van der Waals surface area contributed by atoms with Crippen molar-refractivity contribution in [1.82, 2.24) is 15.0 Å². The Hall–Kier alpha value is -1.67. The minimum atomic E-state index is -0.0113. The molecule has 0 amide bonds. The Balaban J connectivity index is 1.91. The van der Waals surface area contributed by atoms with Crippen LogP contribution in [0.2, 0.25) is 0 Å². The number of ether oxygens (including phenoxy) is 2. The van der Waals surface area contributed by atoms with Gasteiger partial charge in [-0.15, -0.1) is 0 Å². The number of nitrogens with two attached hydrogens (primary N) is 1. The fourth-order valence-corrected chi connectivity index (χ4v) is 1.98. The third kappa shape index (κ3) is 4.46. The monoisotopic (exact) mass is 282 g/mol. The van der Waals surface area contributed by atoms with Crippen LogP contribution in [-0.2, 0) is 4.74 Å². The molecule has 8 heteroatoms. The van der Waals surface area contributed by atoms with Crippen LogP contribution in [0.25, 0.3) is 0 Å². The van der Waals surface area contributed by atoms with Crippen molar-refractivity contribution in [3.05, 3.63) is 0 Å². The normalized spacial score (nSPS) is 18.3. The second kappa shape index (κ2) is 7.20. The first kappa shape index (κ1) is 14.7. The molecule has 112 valence electrons. The standard InChI is InChI=1S/C12H22N6O2/c1-8(2)20-12-16-10(15-11(17-12)18-13)14-6-5-9-4-3-7-19-9/h8-9H,3-7,13H2,1-2H3,(H2,14,15,16,17,18). The maximum atomic E-state index is 5.56. The highest BCUT2D eigenvalue weighted by atomic mass is 16.5. The van der Waals surface area contributed by atoms with Gasteiger partial charge in [-0.3, -0.25) is 5.43 Å². The number of hydrogen-bond donors (Lipinski definition) is 3. The van der Waals surface area contributed by atoms with Gasteiger partial charge in [0.15, 0.2) is 0 Å². The summed E-state index contributed by atoms with van der Waals surface area (Å²) >= 11 is 0. The van der Waals surface area contributed by atoms with Gasteiger partial charge in [0.05, 0.1) is 12.2 Å². The van der Waals surface area contributed by atoms with Gasteiger partial charge >= 0.3 is 6.01 Å². The highest BCUT2D eigenvalue weighted by molar-refractivity contribution is 5.34. The smallest absolute Gasteiger partial charge is 0.323 e. The lowest BCUT2D eigenvalue weighted by molar-refractivity contribution is 0.107. The molecule has 20 heavy (non-hydrogen) atoms. The number of aromatic nitrogens is 3. The number of nitrogen functional groups attached to an aromatic ring is 1. The van der Waals surface area contributed by atoms with Gasteiger partial charge in [-0.1, -0.05) is 0 Å². The zero-order chi connectivity index (χ0) is 14.4. The van der Waals surface area contributed by atoms with Crippen molar-refractivity contribution in [3.8, 4) is 6.01 Å². The van der Waals surface area contributed by atoms with Gasteiger partial charge in [0.1, 0.15) is 0 Å². The fraction of sp³-hybridized carbons (Fsp3) is 0.750. The molecular weight excluding hydrogens is 260 g/mol. The summed E-state index contributed by atoms with van der Waals surface area (Å²) in [5, 5.41) is 3.14. The van der Waals surface area contributed by atoms with Crippen molar-refractivity contribution in [2.45, 2.75) is 45.3 Å². The summed E-state index contributed by atoms with van der Waals surface area (Å²) in [7, 11) is 0. The Kier molecular flexibility index (Phi) is 5.31. The molecule has 2 rings (SSSR count). The lowest BCUT2D eigenvalue weighted by Gasteiger charge is -2.12. The average Bonchev–Trinajstić information content (AvgIpc) is 2.91. The lowest BCUT2D eigenvalue weighted by atomic mass is 10.2. The second-order valence-electron chi connectivity index (χ2n) is 4.93. The van der Waals surface area contributed by atoms with Gasteiger partial charge < -0.3 is 14.8 Å². The van der Waals surface area contributed by atoms with Crippen molar-refractivity contribution in [3.63, 3.8) is 0 Å². The number of hydrogen-bond acceptors (Lipinski definition) is 8. The van der Waals surface area contributed by atoms with Gasteiger partial charge in [0, 0.05) is 13.2 Å². The molecule has 0 aromatic carbocycles. The summed E-state index contributed by atoms with van der Waals surface area (Å²) in [6, 6.07) is 0.252. The quantitative estimate of drug-likeness (QED) is 0.500. The third-order valence-electron chi connectivity index (χ3n) is 2.86. The second-order valence-corrected chi connectivity index (χ2v) is 4.93. The highest BCUT2D eigenvalue weighted by Crippen LogP contribution is 2.16. The lowest BCUT2D eigenvalue weighted by Crippen LogP contribution is -2.18. The van der Waals surface area contributed by atoms with E-state index in [1.807, 2.05) is 13.8 Å². The Labute approximate surface area is 118 Å². The minimum Gasteiger partial charge on any atom is -0.461 e. The van der Waals surface area contributed by atoms with Crippen LogP contribution >= 0.6 is 0 Å². The summed E-state index contributed by atoms with van der Waals surface area (Å²) in [4.78, 5) is 12.4. The van der Waals surface area contributed by atoms with E-state index in [1.165, 1.54) is 0 Å². The molecule has 0 saturated carbocycles. The van der Waals surface area contributed by atoms with Crippen molar-refractivity contribution < 1.29 is 9.47 Å². The van der Waals surface area contributed by atoms with E-state index in [2.05, 4.69) is 25.7 Å². The molecule has 0 radical (unpaired) electrons. The van der Waals surface area contributed by atoms with E-state index in [-0.39, 0.29) is 18.1 Å². The number of rotatable bonds is 7. The maximum absolute atomic E-state index is 5.56. The zero-order valence-electron chi connectivity index (χ0n) is 11.9. The van der Waals surface area contributed by atoms with Gasteiger partial charge in [0.25, 0.3) is 0 Å². The maximum Gasteiger partial charge on any atom is 0.323 e. The van der Waals surface area contributed by atoms with Crippen LogP contribution in [-0.4, -0.2) is 40.3 Å². The van der Waals surface area contributed by atoms with Crippen LogP contribution in [0.1, 0.15) is 33.1 Å². The Morgan fingerprint density at radius 2 is 2.15 bits per heavy atom. The van der Waals surface area contributed by atoms with E-state index in [0.717, 1.165) is 32.4 Å². The molecule has 4 N–H and O–H groups in total. The SMILES string of the molecule is CC(C)Oc1nc(NN)nc(NCCC2CCCO2)n1. The molecule has 1 aliphatic heterocycles. The molecule has 1 aliphatic rings. The largest absolute Gasteiger partial charge is 0.461 e. The molecule has 1 aromatic rings. The molecular formula is C12H22N6O2. The number of anilines is 2. The topological polar surface area (TPSA) is 107 Å². The first-order valence-corrected chi connectivity index (χ1v) is 6.92. The summed E-state index contributed by atoms with van der Waals surface area (Å²) < 4.78 is 11.0. The van der Waals surface area contributed by atoms with Crippen LogP contribution in [0.4, 0.5) is 11.9 Å². The summed E-state index contributed by atoms with van der Waals surface area (Å²) in [5.41, 5.74) is 2.41. The number of hydrazine groups is 1. The molecule has 1 aromatic heterocycles. The predicted octanol–water partition coefficient (Wildman–Crippen LogP) is 0.925. The molecule has 1 saturated heterocycles. The van der Waals surface area contributed by atoms with Crippen LogP contribution in [0.5, 0.6) is 6.01 Å². The van der Waals surface area contributed by atoms with Crippen molar-refractivity contribution in [2.24, 2.45) is 5.84 Å². The van der Waals surface area contributed by atoms with Crippen LogP contribution in [0, 0.1) is 0 Å². The van der Waals surface area contributed by atoms with E-state index in [0.29, 0.717) is 12.1 Å². The van der Waals surface area contributed by atoms with Crippen LogP contribution in [0.3, 0.4) is 0 Å². The highest BCUT2D eigenvalue weighted by Gasteiger charge is 2.15. The van der Waals surface area contributed by atoms with Gasteiger partial charge in [-0.25, -0.2) is 5.84 Å². The van der Waals surface area contributed by atoms with Gasteiger partial charge in [-0.2, -0.15) is 15.0 Å². The molecule has 1 unspecified atom stereocenters. The molecule has 0 bridgehead atoms. The Morgan fingerprint density at radius 1 is 1.35 bits per heavy atom. The predicted molar refractivity (Wildman–Crippen MR) is 75.5 cm³/mol. The average molecular weight is 282 g/mol. The third-order valence-corrected chi connectivity index (χ3v) is 2.86. The molecule has 0 spiro atoms. The van der Waals surface area contributed by atoms with E-state index in [1.54, 1.807) is 0 Å². The molecule has 8 nitrogen and oxygen atoms in total. The van der Waals surface area contributed by atoms with Crippen molar-refractivity contribution >= 4 is 11.9 Å². The molecule has 0 aliphatic carbocycles. The summed E-state index contributed by atoms with van der Waals surface area (Å²) in [6.45, 7) is 5.41. The van der Waals surface area contributed by atoms with Crippen molar-refractivity contribution in [1.29, 1.82) is 0 Å². The minimum absolute atomic E-state index is 0.0113. The van der Waals surface area contributed by atoms with E-state index in [9.17, 15) is 0 Å². The molecule has 2 heterocycles. The van der Waals surface area contributed by atoms with E-state index < -0.39 is 0 Å².